The van der Waals surface area contributed by atoms with Gasteiger partial charge in [-0.3, -0.25) is 4.79 Å². The first-order chi connectivity index (χ1) is 10.6. The van der Waals surface area contributed by atoms with Gasteiger partial charge in [-0.15, -0.1) is 0 Å². The molecule has 1 atom stereocenters. The molecule has 0 radical (unpaired) electrons. The van der Waals surface area contributed by atoms with E-state index in [1.807, 2.05) is 0 Å². The van der Waals surface area contributed by atoms with E-state index in [0.717, 1.165) is 26.1 Å². The highest BCUT2D eigenvalue weighted by Gasteiger charge is 2.35. The van der Waals surface area contributed by atoms with Crippen molar-refractivity contribution >= 4 is 34.6 Å². The summed E-state index contributed by atoms with van der Waals surface area (Å²) in [6.45, 7) is 1.48. The average molecular weight is 341 g/mol. The number of halogens is 2. The van der Waals surface area contributed by atoms with Crippen molar-refractivity contribution in [3.8, 4) is 0 Å². The first-order valence-electron chi connectivity index (χ1n) is 7.55. The Kier molecular flexibility index (Phi) is 4.76. The number of carbonyl (C=O) groups excluding carboxylic acids is 1. The van der Waals surface area contributed by atoms with Crippen LogP contribution < -0.4 is 0 Å². The van der Waals surface area contributed by atoms with E-state index in [0.29, 0.717) is 39.9 Å². The van der Waals surface area contributed by atoms with Gasteiger partial charge in [0.05, 0.1) is 15.6 Å². The van der Waals surface area contributed by atoms with Gasteiger partial charge in [-0.2, -0.15) is 0 Å². The summed E-state index contributed by atoms with van der Waals surface area (Å²) >= 11 is 12.4. The van der Waals surface area contributed by atoms with E-state index in [4.69, 9.17) is 27.9 Å². The topological polar surface area (TPSA) is 46.5 Å². The predicted octanol–water partition coefficient (Wildman–Crippen LogP) is 4.67. The molecule has 1 aromatic carbocycles. The molecule has 2 aliphatic rings. The molecule has 118 valence electrons. The number of Topliss-reactive ketones (excluding diaryl/α,β-unsaturated/α-hetero) is 1. The maximum atomic E-state index is 12.6. The monoisotopic (exact) mass is 340 g/mol. The third-order valence-electron chi connectivity index (χ3n) is 4.62. The van der Waals surface area contributed by atoms with E-state index in [2.05, 4.69) is 0 Å². The summed E-state index contributed by atoms with van der Waals surface area (Å²) in [5, 5.41) is 11.2. The van der Waals surface area contributed by atoms with Crippen LogP contribution in [-0.2, 0) is 9.53 Å². The first kappa shape index (κ1) is 15.9. The molecule has 0 bridgehead atoms. The Morgan fingerprint density at radius 3 is 2.27 bits per heavy atom. The Labute approximate surface area is 139 Å². The fourth-order valence-corrected chi connectivity index (χ4v) is 4.05. The molecule has 1 aromatic rings. The normalized spacial score (nSPS) is 23.9. The molecule has 0 spiro atoms. The van der Waals surface area contributed by atoms with Gasteiger partial charge in [0.25, 0.3) is 0 Å². The van der Waals surface area contributed by atoms with E-state index in [9.17, 15) is 9.90 Å². The molecule has 1 N–H and O–H groups in total. The minimum absolute atomic E-state index is 0.0739. The highest BCUT2D eigenvalue weighted by molar-refractivity contribution is 6.40. The summed E-state index contributed by atoms with van der Waals surface area (Å²) in [4.78, 5) is 12.6. The summed E-state index contributed by atoms with van der Waals surface area (Å²) in [5.74, 6) is 0.655. The van der Waals surface area contributed by atoms with Crippen LogP contribution in [0.5, 0.6) is 0 Å². The van der Waals surface area contributed by atoms with Gasteiger partial charge in [-0.05, 0) is 36.8 Å². The Morgan fingerprint density at radius 1 is 1.05 bits per heavy atom. The van der Waals surface area contributed by atoms with Crippen LogP contribution >= 0.6 is 23.2 Å². The summed E-state index contributed by atoms with van der Waals surface area (Å²) in [6.07, 6.45) is 2.85. The quantitative estimate of drug-likeness (QED) is 0.850. The Morgan fingerprint density at radius 2 is 1.68 bits per heavy atom. The fourth-order valence-electron chi connectivity index (χ4n) is 3.46. The molecule has 1 heterocycles. The van der Waals surface area contributed by atoms with Crippen molar-refractivity contribution in [2.75, 3.05) is 13.2 Å². The second-order valence-corrected chi connectivity index (χ2v) is 6.77. The van der Waals surface area contributed by atoms with E-state index >= 15 is 0 Å². The van der Waals surface area contributed by atoms with Crippen LogP contribution in [0.1, 0.15) is 31.2 Å². The SMILES string of the molecule is O=C1CC(C2CCOCC2)CC(O)=C1c1c(Cl)cccc1Cl. The number of aliphatic hydroxyl groups excluding tert-OH is 1. The molecule has 3 rings (SSSR count). The Bertz CT molecular complexity index is 598. The molecule has 0 amide bonds. The Hall–Kier alpha value is -1.03. The van der Waals surface area contributed by atoms with Crippen LogP contribution in [0.3, 0.4) is 0 Å². The van der Waals surface area contributed by atoms with Crippen LogP contribution in [0.15, 0.2) is 24.0 Å². The van der Waals surface area contributed by atoms with Crippen LogP contribution in [0, 0.1) is 11.8 Å². The zero-order chi connectivity index (χ0) is 15.7. The summed E-state index contributed by atoms with van der Waals surface area (Å²) in [5.41, 5.74) is 0.748. The molecule has 0 aromatic heterocycles. The molecule has 1 aliphatic carbocycles. The second-order valence-electron chi connectivity index (χ2n) is 5.96. The van der Waals surface area contributed by atoms with Gasteiger partial charge in [0.2, 0.25) is 0 Å². The summed E-state index contributed by atoms with van der Waals surface area (Å²) < 4.78 is 5.37. The van der Waals surface area contributed by atoms with Crippen LogP contribution in [-0.4, -0.2) is 24.1 Å². The third-order valence-corrected chi connectivity index (χ3v) is 5.25. The number of rotatable bonds is 2. The summed E-state index contributed by atoms with van der Waals surface area (Å²) in [7, 11) is 0. The Balaban J connectivity index is 1.91. The maximum absolute atomic E-state index is 12.6. The highest BCUT2D eigenvalue weighted by atomic mass is 35.5. The lowest BCUT2D eigenvalue weighted by atomic mass is 9.75. The number of allylic oxidation sites excluding steroid dienone is 2. The zero-order valence-corrected chi connectivity index (χ0v) is 13.7. The van der Waals surface area contributed by atoms with Gasteiger partial charge in [0.15, 0.2) is 5.78 Å². The van der Waals surface area contributed by atoms with Crippen LogP contribution in [0.25, 0.3) is 5.57 Å². The number of ketones is 1. The van der Waals surface area contributed by atoms with Crippen molar-refractivity contribution in [3.63, 3.8) is 0 Å². The molecule has 5 heteroatoms. The van der Waals surface area contributed by atoms with Gasteiger partial charge in [-0.25, -0.2) is 0 Å². The minimum atomic E-state index is -0.0739. The second kappa shape index (κ2) is 6.61. The average Bonchev–Trinajstić information content (AvgIpc) is 2.50. The number of benzene rings is 1. The van der Waals surface area contributed by atoms with E-state index in [-0.39, 0.29) is 17.5 Å². The van der Waals surface area contributed by atoms with Crippen molar-refractivity contribution in [2.24, 2.45) is 11.8 Å². The number of aliphatic hydroxyl groups is 1. The van der Waals surface area contributed by atoms with Crippen molar-refractivity contribution in [3.05, 3.63) is 39.6 Å². The summed E-state index contributed by atoms with van der Waals surface area (Å²) in [6, 6.07) is 5.09. The molecule has 1 unspecified atom stereocenters. The van der Waals surface area contributed by atoms with E-state index < -0.39 is 0 Å². The van der Waals surface area contributed by atoms with Gasteiger partial charge in [0.1, 0.15) is 5.76 Å². The van der Waals surface area contributed by atoms with Crippen molar-refractivity contribution < 1.29 is 14.6 Å². The fraction of sp³-hybridized carbons (Fsp3) is 0.471. The van der Waals surface area contributed by atoms with Gasteiger partial charge in [-0.1, -0.05) is 29.3 Å². The number of ether oxygens (including phenoxy) is 1. The number of hydrogen-bond acceptors (Lipinski definition) is 3. The smallest absolute Gasteiger partial charge is 0.167 e. The molecule has 3 nitrogen and oxygen atoms in total. The van der Waals surface area contributed by atoms with Crippen LogP contribution in [0.4, 0.5) is 0 Å². The largest absolute Gasteiger partial charge is 0.512 e. The standard InChI is InChI=1S/C17H18Cl2O3/c18-12-2-1-3-13(19)16(12)17-14(20)8-11(9-15(17)21)10-4-6-22-7-5-10/h1-3,10-11,20H,4-9H2. The van der Waals surface area contributed by atoms with Crippen molar-refractivity contribution in [2.45, 2.75) is 25.7 Å². The molecule has 0 saturated carbocycles. The van der Waals surface area contributed by atoms with Crippen molar-refractivity contribution in [1.82, 2.24) is 0 Å². The molecular weight excluding hydrogens is 323 g/mol. The number of hydrogen-bond donors (Lipinski definition) is 1. The first-order valence-corrected chi connectivity index (χ1v) is 8.31. The molecule has 1 fully saturated rings. The lowest BCUT2D eigenvalue weighted by molar-refractivity contribution is -0.116. The minimum Gasteiger partial charge on any atom is -0.512 e. The van der Waals surface area contributed by atoms with Crippen LogP contribution in [0.2, 0.25) is 10.0 Å². The number of carbonyl (C=O) groups is 1. The molecule has 1 aliphatic heterocycles. The predicted molar refractivity (Wildman–Crippen MR) is 87.3 cm³/mol. The van der Waals surface area contributed by atoms with E-state index in [1.165, 1.54) is 0 Å². The molecule has 1 saturated heterocycles. The lowest BCUT2D eigenvalue weighted by Crippen LogP contribution is -2.29. The van der Waals surface area contributed by atoms with Gasteiger partial charge < -0.3 is 9.84 Å². The maximum Gasteiger partial charge on any atom is 0.167 e. The van der Waals surface area contributed by atoms with E-state index in [1.54, 1.807) is 18.2 Å². The highest BCUT2D eigenvalue weighted by Crippen LogP contribution is 2.42. The molecular formula is C17H18Cl2O3. The van der Waals surface area contributed by atoms with Gasteiger partial charge in [0, 0.05) is 31.6 Å². The third kappa shape index (κ3) is 3.03. The molecule has 22 heavy (non-hydrogen) atoms. The zero-order valence-electron chi connectivity index (χ0n) is 12.1. The lowest BCUT2D eigenvalue weighted by Gasteiger charge is -2.33. The van der Waals surface area contributed by atoms with Gasteiger partial charge >= 0.3 is 0 Å². The van der Waals surface area contributed by atoms with Crippen molar-refractivity contribution in [1.29, 1.82) is 0 Å².